The topological polar surface area (TPSA) is 152 Å². The number of benzene rings is 3. The highest BCUT2D eigenvalue weighted by molar-refractivity contribution is 5.98. The van der Waals surface area contributed by atoms with Crippen LogP contribution in [0.3, 0.4) is 0 Å². The Kier molecular flexibility index (Phi) is 8.93. The van der Waals surface area contributed by atoms with Crippen molar-refractivity contribution in [2.24, 2.45) is 0 Å². The van der Waals surface area contributed by atoms with Gasteiger partial charge in [0.2, 0.25) is 5.91 Å². The van der Waals surface area contributed by atoms with Crippen LogP contribution < -0.4 is 16.2 Å². The minimum atomic E-state index is -1.97. The van der Waals surface area contributed by atoms with Gasteiger partial charge in [0, 0.05) is 35.0 Å². The number of nitrogens with one attached hydrogen (secondary N) is 2. The smallest absolute Gasteiger partial charge is 0.407 e. The van der Waals surface area contributed by atoms with Crippen LogP contribution in [-0.2, 0) is 44.4 Å². The minimum Gasteiger partial charge on any atom is -0.458 e. The number of cyclic esters (lactones) is 1. The van der Waals surface area contributed by atoms with Gasteiger partial charge in [-0.25, -0.2) is 19.0 Å². The zero-order chi connectivity index (χ0) is 38.7. The molecule has 0 spiro atoms. The zero-order valence-electron chi connectivity index (χ0n) is 30.8. The Morgan fingerprint density at radius 3 is 2.43 bits per heavy atom. The van der Waals surface area contributed by atoms with Gasteiger partial charge in [0.05, 0.1) is 34.7 Å². The molecule has 56 heavy (non-hydrogen) atoms. The first-order valence-corrected chi connectivity index (χ1v) is 19.1. The van der Waals surface area contributed by atoms with Crippen molar-refractivity contribution in [3.63, 3.8) is 0 Å². The number of rotatable bonds is 8. The number of hydrogen-bond acceptors (Lipinski definition) is 9. The summed E-state index contributed by atoms with van der Waals surface area (Å²) < 4.78 is 28.2. The maximum atomic E-state index is 15.8. The lowest BCUT2D eigenvalue weighted by atomic mass is 9.86. The van der Waals surface area contributed by atoms with Crippen LogP contribution in [0.1, 0.15) is 71.9 Å². The molecule has 5 aromatic rings. The summed E-state index contributed by atoms with van der Waals surface area (Å²) in [6.45, 7) is 3.47. The number of piperidine rings is 1. The number of carbonyl (C=O) groups excluding carboxylic acids is 3. The molecule has 1 aliphatic carbocycles. The van der Waals surface area contributed by atoms with Gasteiger partial charge in [-0.2, -0.15) is 0 Å². The first-order chi connectivity index (χ1) is 27.1. The van der Waals surface area contributed by atoms with Gasteiger partial charge in [-0.3, -0.25) is 14.5 Å². The molecule has 3 aromatic carbocycles. The van der Waals surface area contributed by atoms with Crippen LogP contribution in [0.25, 0.3) is 33.4 Å². The fourth-order valence-electron chi connectivity index (χ4n) is 8.80. The van der Waals surface area contributed by atoms with E-state index in [1.807, 2.05) is 48.5 Å². The molecule has 3 N–H and O–H groups in total. The largest absolute Gasteiger partial charge is 0.458 e. The van der Waals surface area contributed by atoms with E-state index >= 15 is 4.39 Å². The van der Waals surface area contributed by atoms with E-state index < -0.39 is 35.9 Å². The van der Waals surface area contributed by atoms with Crippen molar-refractivity contribution in [2.75, 3.05) is 31.6 Å². The standard InChI is InChI=1S/C43H40FN5O7/c1-2-43(54)33-17-37-39-30(21-49(37)40(51)32(33)23-55-41(43)52)29(20-48-14-8-3-9-15-48)28-16-36(34(44)18-35(28)47-39)46-38(50)19-45-42(53)56-22-31-26-12-6-4-10-24(26)25-11-5-7-13-27(25)31/h4-7,10-13,16-18,31,54H,2-3,8-9,14-15,19-23H2,1H3,(H,45,53)(H,46,50)/t43-/m0/s1. The van der Waals surface area contributed by atoms with E-state index in [2.05, 4.69) is 15.5 Å². The summed E-state index contributed by atoms with van der Waals surface area (Å²) in [5.74, 6) is -2.32. The van der Waals surface area contributed by atoms with Crippen LogP contribution >= 0.6 is 0 Å². The van der Waals surface area contributed by atoms with Crippen molar-refractivity contribution in [3.8, 4) is 22.5 Å². The highest BCUT2D eigenvalue weighted by atomic mass is 19.1. The van der Waals surface area contributed by atoms with Gasteiger partial charge in [-0.1, -0.05) is 61.9 Å². The summed E-state index contributed by atoms with van der Waals surface area (Å²) in [7, 11) is 0. The molecule has 1 saturated heterocycles. The fourth-order valence-corrected chi connectivity index (χ4v) is 8.80. The van der Waals surface area contributed by atoms with Crippen LogP contribution in [-0.4, -0.2) is 63.8 Å². The molecule has 13 heteroatoms. The minimum absolute atomic E-state index is 0.0147. The second-order valence-corrected chi connectivity index (χ2v) is 14.9. The third-order valence-corrected chi connectivity index (χ3v) is 11.7. The molecule has 1 atom stereocenters. The van der Waals surface area contributed by atoms with Crippen molar-refractivity contribution in [3.05, 3.63) is 116 Å². The summed E-state index contributed by atoms with van der Waals surface area (Å²) in [5.41, 5.74) is 5.17. The Balaban J connectivity index is 0.972. The van der Waals surface area contributed by atoms with Crippen LogP contribution in [0.4, 0.5) is 14.9 Å². The van der Waals surface area contributed by atoms with Gasteiger partial charge in [0.1, 0.15) is 25.6 Å². The molecule has 3 aliphatic heterocycles. The molecular formula is C43H40FN5O7. The molecule has 0 saturated carbocycles. The number of aliphatic hydroxyl groups is 1. The second kappa shape index (κ2) is 14.0. The average molecular weight is 758 g/mol. The molecule has 12 nitrogen and oxygen atoms in total. The highest BCUT2D eigenvalue weighted by Crippen LogP contribution is 2.45. The molecule has 2 aromatic heterocycles. The van der Waals surface area contributed by atoms with E-state index in [1.54, 1.807) is 23.6 Å². The second-order valence-electron chi connectivity index (χ2n) is 14.9. The highest BCUT2D eigenvalue weighted by Gasteiger charge is 2.45. The predicted molar refractivity (Wildman–Crippen MR) is 205 cm³/mol. The van der Waals surface area contributed by atoms with Crippen molar-refractivity contribution >= 4 is 34.6 Å². The Morgan fingerprint density at radius 2 is 1.71 bits per heavy atom. The lowest BCUT2D eigenvalue weighted by Crippen LogP contribution is -2.44. The Hall–Kier alpha value is -5.92. The van der Waals surface area contributed by atoms with Gasteiger partial charge in [0.25, 0.3) is 5.56 Å². The number of fused-ring (bicyclic) bond motifs is 8. The number of halogens is 1. The predicted octanol–water partition coefficient (Wildman–Crippen LogP) is 5.68. The third kappa shape index (κ3) is 5.93. The number of likely N-dealkylation sites (tertiary alicyclic amines) is 1. The van der Waals surface area contributed by atoms with Crippen molar-refractivity contribution in [2.45, 2.75) is 63.8 Å². The molecule has 286 valence electrons. The monoisotopic (exact) mass is 757 g/mol. The van der Waals surface area contributed by atoms with Crippen molar-refractivity contribution in [1.82, 2.24) is 19.8 Å². The molecule has 0 radical (unpaired) electrons. The molecular weight excluding hydrogens is 717 g/mol. The molecule has 4 aliphatic rings. The van der Waals surface area contributed by atoms with Crippen molar-refractivity contribution < 1.29 is 33.4 Å². The van der Waals surface area contributed by atoms with E-state index in [0.717, 1.165) is 65.7 Å². The quantitative estimate of drug-likeness (QED) is 0.167. The maximum absolute atomic E-state index is 15.8. The van der Waals surface area contributed by atoms with Crippen LogP contribution in [0.15, 0.2) is 71.5 Å². The van der Waals surface area contributed by atoms with E-state index in [-0.39, 0.29) is 54.5 Å². The number of nitrogens with zero attached hydrogens (tertiary/aromatic N) is 3. The summed E-state index contributed by atoms with van der Waals surface area (Å²) >= 11 is 0. The Bertz CT molecular complexity index is 2480. The first kappa shape index (κ1) is 35.8. The lowest BCUT2D eigenvalue weighted by Gasteiger charge is -2.31. The number of anilines is 1. The van der Waals surface area contributed by atoms with E-state index in [9.17, 15) is 24.3 Å². The van der Waals surface area contributed by atoms with Crippen LogP contribution in [0, 0.1) is 5.82 Å². The van der Waals surface area contributed by atoms with Crippen LogP contribution in [0.5, 0.6) is 0 Å². The Morgan fingerprint density at radius 1 is 1.00 bits per heavy atom. The van der Waals surface area contributed by atoms with E-state index in [1.165, 1.54) is 6.07 Å². The molecule has 9 rings (SSSR count). The summed E-state index contributed by atoms with van der Waals surface area (Å²) in [6, 6.07) is 20.4. The van der Waals surface area contributed by atoms with Gasteiger partial charge in [0.15, 0.2) is 5.60 Å². The number of alkyl carbamates (subject to hydrolysis) is 1. The molecule has 2 amide bonds. The lowest BCUT2D eigenvalue weighted by molar-refractivity contribution is -0.172. The number of pyridine rings is 2. The molecule has 0 unspecified atom stereocenters. The van der Waals surface area contributed by atoms with Gasteiger partial charge in [-0.15, -0.1) is 0 Å². The van der Waals surface area contributed by atoms with E-state index in [0.29, 0.717) is 28.8 Å². The van der Waals surface area contributed by atoms with Crippen LogP contribution in [0.2, 0.25) is 0 Å². The van der Waals surface area contributed by atoms with Crippen molar-refractivity contribution in [1.29, 1.82) is 0 Å². The first-order valence-electron chi connectivity index (χ1n) is 19.1. The zero-order valence-corrected chi connectivity index (χ0v) is 30.8. The number of ether oxygens (including phenoxy) is 2. The fraction of sp³-hybridized carbons (Fsp3) is 0.326. The molecule has 1 fully saturated rings. The number of carbonyl (C=O) groups is 3. The summed E-state index contributed by atoms with van der Waals surface area (Å²) in [4.78, 5) is 59.7. The van der Waals surface area contributed by atoms with Gasteiger partial charge >= 0.3 is 12.1 Å². The maximum Gasteiger partial charge on any atom is 0.407 e. The molecule has 5 heterocycles. The number of amides is 2. The average Bonchev–Trinajstić information content (AvgIpc) is 3.74. The number of aromatic nitrogens is 2. The molecule has 0 bridgehead atoms. The third-order valence-electron chi connectivity index (χ3n) is 11.7. The number of hydrogen-bond donors (Lipinski definition) is 3. The normalized spacial score (nSPS) is 18.4. The van der Waals surface area contributed by atoms with Gasteiger partial charge in [-0.05, 0) is 72.3 Å². The SMILES string of the molecule is CC[C@@]1(O)C(=O)OCc2c1cc1n(c2=O)Cc2c-1nc1cc(F)c(NC(=O)CNC(=O)OCC3c4ccccc4-c4ccccc43)cc1c2CN1CCCCC1. The number of esters is 1. The summed E-state index contributed by atoms with van der Waals surface area (Å²) in [5, 5.41) is 17.0. The summed E-state index contributed by atoms with van der Waals surface area (Å²) in [6.07, 6.45) is 2.45. The van der Waals surface area contributed by atoms with E-state index in [4.69, 9.17) is 14.5 Å². The van der Waals surface area contributed by atoms with Gasteiger partial charge < -0.3 is 29.8 Å². The Labute approximate surface area is 321 Å².